The van der Waals surface area contributed by atoms with Gasteiger partial charge in [0.25, 0.3) is 5.91 Å². The van der Waals surface area contributed by atoms with Crippen molar-refractivity contribution in [2.24, 2.45) is 5.92 Å². The molecule has 0 saturated heterocycles. The fraction of sp³-hybridized carbons (Fsp3) is 0.533. The molecule has 0 unspecified atom stereocenters. The van der Waals surface area contributed by atoms with E-state index in [-0.39, 0.29) is 5.91 Å². The summed E-state index contributed by atoms with van der Waals surface area (Å²) in [7, 11) is 0. The van der Waals surface area contributed by atoms with Crippen molar-refractivity contribution in [3.8, 4) is 0 Å². The van der Waals surface area contributed by atoms with Crippen LogP contribution in [-0.2, 0) is 4.74 Å². The molecule has 4 heteroatoms. The molecule has 1 N–H and O–H groups in total. The number of ether oxygens (including phenoxy) is 1. The lowest BCUT2D eigenvalue weighted by molar-refractivity contribution is 0.0924. The molecule has 0 aliphatic rings. The molecular formula is C15H22BrNO2. The number of hydrogen-bond acceptors (Lipinski definition) is 2. The van der Waals surface area contributed by atoms with Crippen LogP contribution < -0.4 is 5.32 Å². The van der Waals surface area contributed by atoms with E-state index in [1.165, 1.54) is 0 Å². The largest absolute Gasteiger partial charge is 0.381 e. The van der Waals surface area contributed by atoms with E-state index in [0.717, 1.165) is 23.1 Å². The molecule has 0 aliphatic carbocycles. The number of halogens is 1. The number of hydrogen-bond donors (Lipinski definition) is 1. The van der Waals surface area contributed by atoms with E-state index in [4.69, 9.17) is 4.74 Å². The number of amides is 1. The van der Waals surface area contributed by atoms with Crippen LogP contribution in [0.15, 0.2) is 22.7 Å². The van der Waals surface area contributed by atoms with Gasteiger partial charge in [0.2, 0.25) is 0 Å². The number of nitrogens with one attached hydrogen (secondary N) is 1. The molecule has 106 valence electrons. The summed E-state index contributed by atoms with van der Waals surface area (Å²) in [5.41, 5.74) is 1.76. The Balaban J connectivity index is 2.29. The first-order valence-corrected chi connectivity index (χ1v) is 7.42. The van der Waals surface area contributed by atoms with Gasteiger partial charge in [0.15, 0.2) is 0 Å². The molecule has 0 aliphatic heterocycles. The van der Waals surface area contributed by atoms with Gasteiger partial charge >= 0.3 is 0 Å². The minimum Gasteiger partial charge on any atom is -0.381 e. The molecule has 0 radical (unpaired) electrons. The summed E-state index contributed by atoms with van der Waals surface area (Å²) in [6.45, 7) is 8.32. The molecule has 0 aromatic heterocycles. The summed E-state index contributed by atoms with van der Waals surface area (Å²) in [5.74, 6) is 0.511. The molecular weight excluding hydrogens is 306 g/mol. The Hall–Kier alpha value is -0.870. The molecule has 1 amide bonds. The second-order valence-electron chi connectivity index (χ2n) is 5.06. The van der Waals surface area contributed by atoms with Gasteiger partial charge in [-0.05, 0) is 47.3 Å². The van der Waals surface area contributed by atoms with Gasteiger partial charge in [0, 0.05) is 24.2 Å². The van der Waals surface area contributed by atoms with E-state index in [2.05, 4.69) is 35.1 Å². The molecule has 19 heavy (non-hydrogen) atoms. The zero-order valence-electron chi connectivity index (χ0n) is 11.8. The van der Waals surface area contributed by atoms with E-state index in [1.54, 1.807) is 0 Å². The highest BCUT2D eigenvalue weighted by Crippen LogP contribution is 2.17. The van der Waals surface area contributed by atoms with Crippen molar-refractivity contribution in [3.05, 3.63) is 33.8 Å². The molecule has 0 heterocycles. The van der Waals surface area contributed by atoms with Gasteiger partial charge in [0.1, 0.15) is 0 Å². The first-order valence-electron chi connectivity index (χ1n) is 6.62. The maximum atomic E-state index is 12.0. The quantitative estimate of drug-likeness (QED) is 0.778. The first-order chi connectivity index (χ1) is 9.00. The van der Waals surface area contributed by atoms with Crippen molar-refractivity contribution < 1.29 is 9.53 Å². The van der Waals surface area contributed by atoms with Crippen LogP contribution in [0.25, 0.3) is 0 Å². The topological polar surface area (TPSA) is 38.3 Å². The second kappa shape index (κ2) is 8.33. The summed E-state index contributed by atoms with van der Waals surface area (Å²) in [6.07, 6.45) is 0.835. The van der Waals surface area contributed by atoms with Crippen molar-refractivity contribution in [2.75, 3.05) is 19.8 Å². The molecule has 1 aromatic rings. The Labute approximate surface area is 123 Å². The van der Waals surface area contributed by atoms with Crippen molar-refractivity contribution in [1.82, 2.24) is 5.32 Å². The Kier molecular flexibility index (Phi) is 7.10. The normalized spacial score (nSPS) is 10.8. The van der Waals surface area contributed by atoms with Gasteiger partial charge in [0.05, 0.1) is 5.56 Å². The number of carbonyl (C=O) groups is 1. The maximum absolute atomic E-state index is 12.0. The van der Waals surface area contributed by atoms with Gasteiger partial charge in [-0.3, -0.25) is 4.79 Å². The van der Waals surface area contributed by atoms with Crippen molar-refractivity contribution in [3.63, 3.8) is 0 Å². The Morgan fingerprint density at radius 1 is 1.42 bits per heavy atom. The summed E-state index contributed by atoms with van der Waals surface area (Å²) in [4.78, 5) is 12.0. The highest BCUT2D eigenvalue weighted by molar-refractivity contribution is 9.10. The minimum absolute atomic E-state index is 0.0422. The maximum Gasteiger partial charge on any atom is 0.252 e. The molecule has 0 atom stereocenters. The molecule has 1 aromatic carbocycles. The zero-order chi connectivity index (χ0) is 14.3. The fourth-order valence-corrected chi connectivity index (χ4v) is 2.03. The number of benzene rings is 1. The predicted molar refractivity (Wildman–Crippen MR) is 81.5 cm³/mol. The van der Waals surface area contributed by atoms with Crippen LogP contribution in [-0.4, -0.2) is 25.7 Å². The predicted octanol–water partition coefficient (Wildman–Crippen LogP) is 3.55. The zero-order valence-corrected chi connectivity index (χ0v) is 13.4. The van der Waals surface area contributed by atoms with Crippen LogP contribution in [0.1, 0.15) is 36.2 Å². The van der Waals surface area contributed by atoms with Crippen molar-refractivity contribution in [2.45, 2.75) is 27.2 Å². The van der Waals surface area contributed by atoms with Crippen LogP contribution in [0, 0.1) is 12.8 Å². The average molecular weight is 328 g/mol. The highest BCUT2D eigenvalue weighted by atomic mass is 79.9. The Bertz CT molecular complexity index is 419. The minimum atomic E-state index is -0.0422. The molecule has 0 bridgehead atoms. The molecule has 1 rings (SSSR count). The van der Waals surface area contributed by atoms with Gasteiger partial charge < -0.3 is 10.1 Å². The average Bonchev–Trinajstić information content (AvgIpc) is 2.36. The third-order valence-corrected chi connectivity index (χ3v) is 3.26. The smallest absolute Gasteiger partial charge is 0.252 e. The van der Waals surface area contributed by atoms with Crippen LogP contribution in [0.3, 0.4) is 0 Å². The van der Waals surface area contributed by atoms with E-state index in [0.29, 0.717) is 24.6 Å². The number of rotatable bonds is 7. The van der Waals surface area contributed by atoms with E-state index in [1.807, 2.05) is 25.1 Å². The van der Waals surface area contributed by atoms with Crippen LogP contribution in [0.4, 0.5) is 0 Å². The second-order valence-corrected chi connectivity index (χ2v) is 5.92. The third kappa shape index (κ3) is 6.21. The van der Waals surface area contributed by atoms with Crippen molar-refractivity contribution >= 4 is 21.8 Å². The molecule has 0 spiro atoms. The van der Waals surface area contributed by atoms with Gasteiger partial charge in [-0.25, -0.2) is 0 Å². The Morgan fingerprint density at radius 3 is 2.84 bits per heavy atom. The monoisotopic (exact) mass is 327 g/mol. The van der Waals surface area contributed by atoms with Crippen LogP contribution >= 0.6 is 15.9 Å². The van der Waals surface area contributed by atoms with Crippen molar-refractivity contribution in [1.29, 1.82) is 0 Å². The lowest BCUT2D eigenvalue weighted by Gasteiger charge is -2.09. The van der Waals surface area contributed by atoms with Crippen LogP contribution in [0.5, 0.6) is 0 Å². The third-order valence-electron chi connectivity index (χ3n) is 2.57. The lowest BCUT2D eigenvalue weighted by atomic mass is 10.1. The summed E-state index contributed by atoms with van der Waals surface area (Å²) in [5, 5.41) is 2.91. The number of carbonyl (C=O) groups excluding carboxylic acids is 1. The SMILES string of the molecule is Cc1ccc(Br)c(C(=O)NCCCOCC(C)C)c1. The summed E-state index contributed by atoms with van der Waals surface area (Å²) < 4.78 is 6.29. The lowest BCUT2D eigenvalue weighted by Crippen LogP contribution is -2.25. The van der Waals surface area contributed by atoms with E-state index < -0.39 is 0 Å². The Morgan fingerprint density at radius 2 is 2.16 bits per heavy atom. The highest BCUT2D eigenvalue weighted by Gasteiger charge is 2.09. The first kappa shape index (κ1) is 16.2. The summed E-state index contributed by atoms with van der Waals surface area (Å²) in [6, 6.07) is 5.76. The fourth-order valence-electron chi connectivity index (χ4n) is 1.60. The van der Waals surface area contributed by atoms with Gasteiger partial charge in [-0.2, -0.15) is 0 Å². The van der Waals surface area contributed by atoms with Gasteiger partial charge in [-0.15, -0.1) is 0 Å². The summed E-state index contributed by atoms with van der Waals surface area (Å²) >= 11 is 3.40. The van der Waals surface area contributed by atoms with Crippen LogP contribution in [0.2, 0.25) is 0 Å². The standard InChI is InChI=1S/C15H22BrNO2/c1-11(2)10-19-8-4-7-17-15(18)13-9-12(3)5-6-14(13)16/h5-6,9,11H,4,7-8,10H2,1-3H3,(H,17,18). The molecule has 3 nitrogen and oxygen atoms in total. The van der Waals surface area contributed by atoms with Gasteiger partial charge in [-0.1, -0.05) is 25.5 Å². The molecule has 0 fully saturated rings. The molecule has 0 saturated carbocycles. The van der Waals surface area contributed by atoms with E-state index in [9.17, 15) is 4.79 Å². The van der Waals surface area contributed by atoms with E-state index >= 15 is 0 Å². The number of aryl methyl sites for hydroxylation is 1.